The summed E-state index contributed by atoms with van der Waals surface area (Å²) in [4.78, 5) is 30.9. The third kappa shape index (κ3) is 1.81. The normalized spacial score (nSPS) is 8.75. The number of rotatable bonds is 1. The molecule has 0 atom stereocenters. The molecule has 1 aromatic rings. The molecule has 60 valence electrons. The van der Waals surface area contributed by atoms with Crippen LogP contribution in [0, 0.1) is 6.92 Å². The smallest absolute Gasteiger partial charge is 0.264 e. The van der Waals surface area contributed by atoms with E-state index in [-0.39, 0.29) is 5.69 Å². The molecule has 0 bridgehead atoms. The first-order valence-corrected chi connectivity index (χ1v) is 3.15. The monoisotopic (exact) mass is 163 g/mol. The molecule has 0 aliphatic rings. The van der Waals surface area contributed by atoms with Crippen molar-refractivity contribution >= 4 is 12.0 Å². The zero-order valence-corrected chi connectivity index (χ0v) is 6.31. The highest BCUT2D eigenvalue weighted by Crippen LogP contribution is 1.95. The lowest BCUT2D eigenvalue weighted by molar-refractivity contribution is 0.0998. The molecule has 5 nitrogen and oxygen atoms in total. The average Bonchev–Trinajstić information content (AvgIpc) is 2.06. The van der Waals surface area contributed by atoms with Crippen molar-refractivity contribution in [3.63, 3.8) is 0 Å². The van der Waals surface area contributed by atoms with Crippen molar-refractivity contribution in [2.75, 3.05) is 0 Å². The van der Waals surface area contributed by atoms with E-state index in [2.05, 4.69) is 15.0 Å². The summed E-state index contributed by atoms with van der Waals surface area (Å²) < 4.78 is 0. The molecule has 1 rings (SSSR count). The van der Waals surface area contributed by atoms with Crippen LogP contribution in [0.4, 0.5) is 0 Å². The fraction of sp³-hybridized carbons (Fsp3) is 0.143. The van der Waals surface area contributed by atoms with Crippen molar-refractivity contribution in [1.82, 2.24) is 9.97 Å². The third-order valence-electron chi connectivity index (χ3n) is 1.15. The van der Waals surface area contributed by atoms with Gasteiger partial charge in [-0.05, 0) is 6.92 Å². The topological polar surface area (TPSA) is 72.3 Å². The molecule has 1 heterocycles. The van der Waals surface area contributed by atoms with E-state index in [0.717, 1.165) is 6.08 Å². The lowest BCUT2D eigenvalue weighted by atomic mass is 10.4. The van der Waals surface area contributed by atoms with Gasteiger partial charge in [0, 0.05) is 6.20 Å². The SMILES string of the molecule is Cc1cnc(C(=O)N=C=O)cn1. The van der Waals surface area contributed by atoms with Gasteiger partial charge >= 0.3 is 5.91 Å². The van der Waals surface area contributed by atoms with Gasteiger partial charge in [-0.25, -0.2) is 9.78 Å². The second-order valence-electron chi connectivity index (χ2n) is 2.05. The van der Waals surface area contributed by atoms with Crippen molar-refractivity contribution in [3.8, 4) is 0 Å². The van der Waals surface area contributed by atoms with Crippen molar-refractivity contribution in [1.29, 1.82) is 0 Å². The Balaban J connectivity index is 2.97. The molecule has 0 aromatic carbocycles. The molecule has 0 saturated heterocycles. The molecule has 1 aromatic heterocycles. The van der Waals surface area contributed by atoms with Crippen LogP contribution in [-0.4, -0.2) is 22.0 Å². The zero-order chi connectivity index (χ0) is 8.97. The predicted octanol–water partition coefficient (Wildman–Crippen LogP) is 0.261. The van der Waals surface area contributed by atoms with Crippen molar-refractivity contribution in [2.24, 2.45) is 4.99 Å². The van der Waals surface area contributed by atoms with Crippen LogP contribution in [0.5, 0.6) is 0 Å². The van der Waals surface area contributed by atoms with Gasteiger partial charge in [-0.3, -0.25) is 9.78 Å². The summed E-state index contributed by atoms with van der Waals surface area (Å²) in [5, 5.41) is 0. The molecule has 0 unspecified atom stereocenters. The first-order valence-electron chi connectivity index (χ1n) is 3.15. The van der Waals surface area contributed by atoms with E-state index in [9.17, 15) is 9.59 Å². The number of nitrogens with zero attached hydrogens (tertiary/aromatic N) is 3. The van der Waals surface area contributed by atoms with Crippen LogP contribution in [0.1, 0.15) is 16.2 Å². The van der Waals surface area contributed by atoms with Gasteiger partial charge in [-0.15, -0.1) is 4.99 Å². The van der Waals surface area contributed by atoms with E-state index in [1.807, 2.05) is 0 Å². The Bertz CT molecular complexity index is 338. The Morgan fingerprint density at radius 2 is 2.25 bits per heavy atom. The molecular formula is C7H5N3O2. The molecule has 0 aliphatic carbocycles. The first kappa shape index (κ1) is 8.23. The minimum Gasteiger partial charge on any atom is -0.264 e. The molecule has 0 fully saturated rings. The number of aromatic nitrogens is 2. The van der Waals surface area contributed by atoms with E-state index < -0.39 is 5.91 Å². The average molecular weight is 163 g/mol. The summed E-state index contributed by atoms with van der Waals surface area (Å²) in [6, 6.07) is 0. The fourth-order valence-corrected chi connectivity index (χ4v) is 0.602. The van der Waals surface area contributed by atoms with Gasteiger partial charge in [0.1, 0.15) is 5.69 Å². The maximum absolute atomic E-state index is 10.8. The number of aliphatic imine (C=N–C) groups is 1. The highest BCUT2D eigenvalue weighted by molar-refractivity contribution is 5.95. The molecule has 0 spiro atoms. The molecule has 0 aliphatic heterocycles. The minimum absolute atomic E-state index is 0.0453. The summed E-state index contributed by atoms with van der Waals surface area (Å²) in [5.74, 6) is -0.725. The van der Waals surface area contributed by atoms with Gasteiger partial charge in [0.15, 0.2) is 0 Å². The standard InChI is InChI=1S/C7H5N3O2/c1-5-2-9-6(3-8-5)7(12)10-4-11/h2-3H,1H3. The highest BCUT2D eigenvalue weighted by Gasteiger charge is 2.04. The van der Waals surface area contributed by atoms with Gasteiger partial charge in [-0.2, -0.15) is 0 Å². The molecule has 0 N–H and O–H groups in total. The Kier molecular flexibility index (Phi) is 2.40. The van der Waals surface area contributed by atoms with Gasteiger partial charge in [0.2, 0.25) is 6.08 Å². The number of carbonyl (C=O) groups excluding carboxylic acids is 2. The van der Waals surface area contributed by atoms with E-state index >= 15 is 0 Å². The van der Waals surface area contributed by atoms with Crippen molar-refractivity contribution < 1.29 is 9.59 Å². The van der Waals surface area contributed by atoms with Gasteiger partial charge in [-0.1, -0.05) is 0 Å². The lowest BCUT2D eigenvalue weighted by Gasteiger charge is -1.91. The van der Waals surface area contributed by atoms with Crippen LogP contribution >= 0.6 is 0 Å². The van der Waals surface area contributed by atoms with Crippen LogP contribution < -0.4 is 0 Å². The van der Waals surface area contributed by atoms with Gasteiger partial charge < -0.3 is 0 Å². The summed E-state index contributed by atoms with van der Waals surface area (Å²) in [6.07, 6.45) is 3.82. The number of aryl methyl sites for hydroxylation is 1. The number of hydrogen-bond donors (Lipinski definition) is 0. The second-order valence-corrected chi connectivity index (χ2v) is 2.05. The lowest BCUT2D eigenvalue weighted by Crippen LogP contribution is -1.99. The Labute approximate surface area is 68.2 Å². The maximum Gasteiger partial charge on any atom is 0.307 e. The predicted molar refractivity (Wildman–Crippen MR) is 39.2 cm³/mol. The Morgan fingerprint density at radius 3 is 2.75 bits per heavy atom. The highest BCUT2D eigenvalue weighted by atomic mass is 16.2. The molecular weight excluding hydrogens is 158 g/mol. The van der Waals surface area contributed by atoms with E-state index in [0.29, 0.717) is 5.69 Å². The van der Waals surface area contributed by atoms with Crippen LogP contribution in [0.2, 0.25) is 0 Å². The summed E-state index contributed by atoms with van der Waals surface area (Å²) >= 11 is 0. The third-order valence-corrected chi connectivity index (χ3v) is 1.15. The minimum atomic E-state index is -0.725. The second kappa shape index (κ2) is 3.50. The zero-order valence-electron chi connectivity index (χ0n) is 6.31. The molecule has 0 radical (unpaired) electrons. The van der Waals surface area contributed by atoms with E-state index in [4.69, 9.17) is 0 Å². The van der Waals surface area contributed by atoms with Crippen LogP contribution in [0.15, 0.2) is 17.4 Å². The van der Waals surface area contributed by atoms with E-state index in [1.165, 1.54) is 12.4 Å². The van der Waals surface area contributed by atoms with Crippen molar-refractivity contribution in [2.45, 2.75) is 6.92 Å². The maximum atomic E-state index is 10.8. The quantitative estimate of drug-likeness (QED) is 0.439. The summed E-state index contributed by atoms with van der Waals surface area (Å²) in [5.41, 5.74) is 0.741. The fourth-order valence-electron chi connectivity index (χ4n) is 0.602. The van der Waals surface area contributed by atoms with Crippen LogP contribution in [0.3, 0.4) is 0 Å². The Hall–Kier alpha value is -1.87. The van der Waals surface area contributed by atoms with Gasteiger partial charge in [0.05, 0.1) is 11.9 Å². The molecule has 5 heteroatoms. The molecule has 0 saturated carbocycles. The largest absolute Gasteiger partial charge is 0.307 e. The number of hydrogen-bond acceptors (Lipinski definition) is 4. The van der Waals surface area contributed by atoms with E-state index in [1.54, 1.807) is 6.92 Å². The summed E-state index contributed by atoms with van der Waals surface area (Å²) in [7, 11) is 0. The van der Waals surface area contributed by atoms with Crippen LogP contribution in [0.25, 0.3) is 0 Å². The Morgan fingerprint density at radius 1 is 1.50 bits per heavy atom. The van der Waals surface area contributed by atoms with Gasteiger partial charge in [0.25, 0.3) is 0 Å². The molecule has 1 amide bonds. The number of isocyanates is 1. The first-order chi connectivity index (χ1) is 5.74. The summed E-state index contributed by atoms with van der Waals surface area (Å²) in [6.45, 7) is 1.74. The molecule has 12 heavy (non-hydrogen) atoms. The number of carbonyl (C=O) groups is 1. The van der Waals surface area contributed by atoms with Crippen LogP contribution in [-0.2, 0) is 4.79 Å². The number of amides is 1. The van der Waals surface area contributed by atoms with Crippen molar-refractivity contribution in [3.05, 3.63) is 23.8 Å².